The zero-order valence-electron chi connectivity index (χ0n) is 13.9. The number of hydrogen-bond acceptors (Lipinski definition) is 1. The SMILES string of the molecule is Cc1ccc(-n2nccc2-c2cccc(-c3ccc(F)cc3)c2)cc1. The van der Waals surface area contributed by atoms with Gasteiger partial charge in [0.25, 0.3) is 0 Å². The molecule has 3 aromatic carbocycles. The summed E-state index contributed by atoms with van der Waals surface area (Å²) in [5.41, 5.74) is 6.38. The van der Waals surface area contributed by atoms with E-state index >= 15 is 0 Å². The molecule has 0 saturated heterocycles. The Morgan fingerprint density at radius 3 is 2.24 bits per heavy atom. The van der Waals surface area contributed by atoms with Gasteiger partial charge in [-0.05, 0) is 54.4 Å². The molecule has 3 heteroatoms. The van der Waals surface area contributed by atoms with Crippen molar-refractivity contribution in [3.8, 4) is 28.1 Å². The van der Waals surface area contributed by atoms with Crippen LogP contribution in [0, 0.1) is 12.7 Å². The van der Waals surface area contributed by atoms with Crippen LogP contribution in [0.4, 0.5) is 4.39 Å². The van der Waals surface area contributed by atoms with Crippen LogP contribution in [0.15, 0.2) is 85.1 Å². The van der Waals surface area contributed by atoms with E-state index in [0.29, 0.717) is 0 Å². The van der Waals surface area contributed by atoms with Gasteiger partial charge < -0.3 is 0 Å². The maximum Gasteiger partial charge on any atom is 0.123 e. The normalized spacial score (nSPS) is 10.8. The van der Waals surface area contributed by atoms with Crippen molar-refractivity contribution in [3.63, 3.8) is 0 Å². The summed E-state index contributed by atoms with van der Waals surface area (Å²) in [6, 6.07) is 25.1. The summed E-state index contributed by atoms with van der Waals surface area (Å²) in [5, 5.41) is 4.47. The predicted octanol–water partition coefficient (Wildman–Crippen LogP) is 5.65. The van der Waals surface area contributed by atoms with Gasteiger partial charge in [-0.25, -0.2) is 9.07 Å². The van der Waals surface area contributed by atoms with Gasteiger partial charge in [-0.15, -0.1) is 0 Å². The number of aromatic nitrogens is 2. The van der Waals surface area contributed by atoms with Crippen LogP contribution in [0.1, 0.15) is 5.56 Å². The predicted molar refractivity (Wildman–Crippen MR) is 99.1 cm³/mol. The molecule has 0 aliphatic rings. The van der Waals surface area contributed by atoms with E-state index in [1.54, 1.807) is 18.3 Å². The Morgan fingerprint density at radius 2 is 1.48 bits per heavy atom. The fourth-order valence-corrected chi connectivity index (χ4v) is 2.91. The zero-order chi connectivity index (χ0) is 17.2. The molecule has 0 radical (unpaired) electrons. The second kappa shape index (κ2) is 6.36. The molecule has 1 heterocycles. The Morgan fingerprint density at radius 1 is 0.760 bits per heavy atom. The lowest BCUT2D eigenvalue weighted by atomic mass is 10.0. The number of nitrogens with zero attached hydrogens (tertiary/aromatic N) is 2. The number of hydrogen-bond donors (Lipinski definition) is 0. The van der Waals surface area contributed by atoms with Crippen LogP contribution in [0.2, 0.25) is 0 Å². The van der Waals surface area contributed by atoms with Crippen molar-refractivity contribution in [3.05, 3.63) is 96.4 Å². The minimum atomic E-state index is -0.225. The van der Waals surface area contributed by atoms with Gasteiger partial charge in [0.15, 0.2) is 0 Å². The van der Waals surface area contributed by atoms with E-state index in [0.717, 1.165) is 28.1 Å². The van der Waals surface area contributed by atoms with E-state index in [9.17, 15) is 4.39 Å². The lowest BCUT2D eigenvalue weighted by Crippen LogP contribution is -1.98. The molecule has 0 bridgehead atoms. The molecule has 0 saturated carbocycles. The van der Waals surface area contributed by atoms with E-state index in [1.165, 1.54) is 17.7 Å². The van der Waals surface area contributed by atoms with Gasteiger partial charge in [0.2, 0.25) is 0 Å². The highest BCUT2D eigenvalue weighted by atomic mass is 19.1. The molecule has 1 aromatic heterocycles. The van der Waals surface area contributed by atoms with Crippen LogP contribution in [-0.2, 0) is 0 Å². The smallest absolute Gasteiger partial charge is 0.123 e. The van der Waals surface area contributed by atoms with Gasteiger partial charge in [-0.1, -0.05) is 48.0 Å². The Hall–Kier alpha value is -3.20. The summed E-state index contributed by atoms with van der Waals surface area (Å²) in [6.07, 6.45) is 1.81. The van der Waals surface area contributed by atoms with Gasteiger partial charge in [0.1, 0.15) is 5.82 Å². The molecule has 0 aliphatic carbocycles. The Labute approximate surface area is 146 Å². The van der Waals surface area contributed by atoms with Crippen molar-refractivity contribution < 1.29 is 4.39 Å². The highest BCUT2D eigenvalue weighted by Gasteiger charge is 2.09. The molecule has 122 valence electrons. The van der Waals surface area contributed by atoms with Gasteiger partial charge >= 0.3 is 0 Å². The summed E-state index contributed by atoms with van der Waals surface area (Å²) in [7, 11) is 0. The van der Waals surface area contributed by atoms with Crippen molar-refractivity contribution in [2.75, 3.05) is 0 Å². The Balaban J connectivity index is 1.76. The standard InChI is InChI=1S/C22H17FN2/c1-16-5-11-21(12-6-16)25-22(13-14-24-25)19-4-2-3-18(15-19)17-7-9-20(23)10-8-17/h2-15H,1H3. The third-order valence-corrected chi connectivity index (χ3v) is 4.26. The molecule has 0 N–H and O–H groups in total. The number of benzene rings is 3. The molecular formula is C22H17FN2. The number of halogens is 1. The minimum Gasteiger partial charge on any atom is -0.233 e. The molecule has 4 aromatic rings. The van der Waals surface area contributed by atoms with E-state index in [2.05, 4.69) is 48.4 Å². The van der Waals surface area contributed by atoms with Crippen molar-refractivity contribution in [1.82, 2.24) is 9.78 Å². The van der Waals surface area contributed by atoms with E-state index in [4.69, 9.17) is 0 Å². The third-order valence-electron chi connectivity index (χ3n) is 4.26. The molecule has 0 aliphatic heterocycles. The van der Waals surface area contributed by atoms with Crippen LogP contribution >= 0.6 is 0 Å². The van der Waals surface area contributed by atoms with Gasteiger partial charge in [0, 0.05) is 5.56 Å². The maximum absolute atomic E-state index is 13.2. The first kappa shape index (κ1) is 15.3. The van der Waals surface area contributed by atoms with Gasteiger partial charge in [-0.3, -0.25) is 0 Å². The van der Waals surface area contributed by atoms with Crippen molar-refractivity contribution in [2.45, 2.75) is 6.92 Å². The third kappa shape index (κ3) is 3.09. The second-order valence-corrected chi connectivity index (χ2v) is 6.05. The molecular weight excluding hydrogens is 311 g/mol. The van der Waals surface area contributed by atoms with Gasteiger partial charge in [0.05, 0.1) is 17.6 Å². The zero-order valence-corrected chi connectivity index (χ0v) is 13.9. The molecule has 25 heavy (non-hydrogen) atoms. The van der Waals surface area contributed by atoms with Crippen LogP contribution in [-0.4, -0.2) is 9.78 Å². The molecule has 0 atom stereocenters. The lowest BCUT2D eigenvalue weighted by Gasteiger charge is -2.10. The fourth-order valence-electron chi connectivity index (χ4n) is 2.91. The summed E-state index contributed by atoms with van der Waals surface area (Å²) >= 11 is 0. The molecule has 0 unspecified atom stereocenters. The lowest BCUT2D eigenvalue weighted by molar-refractivity contribution is 0.628. The van der Waals surface area contributed by atoms with E-state index in [-0.39, 0.29) is 5.82 Å². The molecule has 0 spiro atoms. The monoisotopic (exact) mass is 328 g/mol. The summed E-state index contributed by atoms with van der Waals surface area (Å²) in [4.78, 5) is 0. The molecule has 2 nitrogen and oxygen atoms in total. The molecule has 4 rings (SSSR count). The first-order valence-corrected chi connectivity index (χ1v) is 8.18. The summed E-state index contributed by atoms with van der Waals surface area (Å²) in [5.74, 6) is -0.225. The molecule has 0 fully saturated rings. The summed E-state index contributed by atoms with van der Waals surface area (Å²) < 4.78 is 15.1. The Bertz CT molecular complexity index is 999. The van der Waals surface area contributed by atoms with Crippen molar-refractivity contribution >= 4 is 0 Å². The number of aryl methyl sites for hydroxylation is 1. The highest BCUT2D eigenvalue weighted by molar-refractivity contribution is 5.72. The van der Waals surface area contributed by atoms with Crippen molar-refractivity contribution in [1.29, 1.82) is 0 Å². The quantitative estimate of drug-likeness (QED) is 0.475. The first-order chi connectivity index (χ1) is 12.2. The molecule has 0 amide bonds. The summed E-state index contributed by atoms with van der Waals surface area (Å²) in [6.45, 7) is 2.07. The van der Waals surface area contributed by atoms with Crippen LogP contribution in [0.3, 0.4) is 0 Å². The van der Waals surface area contributed by atoms with Crippen LogP contribution < -0.4 is 0 Å². The van der Waals surface area contributed by atoms with Crippen LogP contribution in [0.5, 0.6) is 0 Å². The average molecular weight is 328 g/mol. The fraction of sp³-hybridized carbons (Fsp3) is 0.0455. The van der Waals surface area contributed by atoms with Gasteiger partial charge in [-0.2, -0.15) is 5.10 Å². The first-order valence-electron chi connectivity index (χ1n) is 8.18. The van der Waals surface area contributed by atoms with E-state index in [1.807, 2.05) is 22.9 Å². The minimum absolute atomic E-state index is 0.225. The second-order valence-electron chi connectivity index (χ2n) is 6.05. The maximum atomic E-state index is 13.2. The topological polar surface area (TPSA) is 17.8 Å². The van der Waals surface area contributed by atoms with E-state index < -0.39 is 0 Å². The number of rotatable bonds is 3. The average Bonchev–Trinajstić information content (AvgIpc) is 3.13. The Kier molecular flexibility index (Phi) is 3.90. The van der Waals surface area contributed by atoms with Crippen LogP contribution in [0.25, 0.3) is 28.1 Å². The van der Waals surface area contributed by atoms with Crippen molar-refractivity contribution in [2.24, 2.45) is 0 Å². The largest absolute Gasteiger partial charge is 0.233 e. The highest BCUT2D eigenvalue weighted by Crippen LogP contribution is 2.28.